The molecule has 0 N–H and O–H groups in total. The lowest BCUT2D eigenvalue weighted by Crippen LogP contribution is -2.68. The molecule has 0 aromatic carbocycles. The number of hydrogen-bond donors (Lipinski definition) is 0. The average Bonchev–Trinajstić information content (AvgIpc) is 1.85. The van der Waals surface area contributed by atoms with E-state index in [1.54, 1.807) is 18.2 Å². The molecule has 0 unspecified atom stereocenters. The molecule has 5 nitrogen and oxygen atoms in total. The largest absolute Gasteiger partial charge is 0.222 e. The first-order chi connectivity index (χ1) is 5.39. The molecule has 0 saturated carbocycles. The number of halogens is 2. The molecule has 1 heterocycles. The van der Waals surface area contributed by atoms with E-state index in [-0.39, 0.29) is 0 Å². The maximum atomic E-state index is 11.8. The van der Waals surface area contributed by atoms with Gasteiger partial charge in [0.05, 0.1) is 4.48 Å². The van der Waals surface area contributed by atoms with Crippen LogP contribution in [-0.2, 0) is 0 Å². The fourth-order valence-corrected chi connectivity index (χ4v) is 0.378. The Balaban J connectivity index is 0.000000217. The first-order valence-electron chi connectivity index (χ1n) is 2.64. The van der Waals surface area contributed by atoms with Gasteiger partial charge in [-0.05, 0) is 0 Å². The highest BCUT2D eigenvalue weighted by Gasteiger charge is 1.86. The van der Waals surface area contributed by atoms with E-state index < -0.39 is 10.2 Å². The van der Waals surface area contributed by atoms with Gasteiger partial charge in [-0.3, -0.25) is 0 Å². The lowest BCUT2D eigenvalue weighted by molar-refractivity contribution is -2.00. The Labute approximate surface area is 69.6 Å². The molecule has 0 radical (unpaired) electrons. The first-order valence-corrected chi connectivity index (χ1v) is 3.87. The van der Waals surface area contributed by atoms with Crippen molar-refractivity contribution in [1.82, 2.24) is 0 Å². The van der Waals surface area contributed by atoms with E-state index in [0.717, 1.165) is 0 Å². The van der Waals surface area contributed by atoms with Gasteiger partial charge in [-0.15, -0.1) is 10.2 Å². The van der Waals surface area contributed by atoms with Crippen LogP contribution >= 0.6 is 0 Å². The van der Waals surface area contributed by atoms with Gasteiger partial charge in [0.2, 0.25) is 12.4 Å². The van der Waals surface area contributed by atoms with Crippen LogP contribution in [0.2, 0.25) is 0 Å². The van der Waals surface area contributed by atoms with Crippen molar-refractivity contribution in [2.45, 2.75) is 0 Å². The van der Waals surface area contributed by atoms with E-state index in [0.29, 0.717) is 4.79 Å². The Bertz CT molecular complexity index is 208. The third-order valence-corrected chi connectivity index (χ3v) is 0.679. The SMILES string of the molecule is F[n+]1ccccc1.[O-][Cl+3]([O-])([O-])[O-]. The smallest absolute Gasteiger partial charge is 0.218 e. The summed E-state index contributed by atoms with van der Waals surface area (Å²) in [6.45, 7) is 0. The van der Waals surface area contributed by atoms with Crippen LogP contribution in [0.5, 0.6) is 0 Å². The molecular formula is C5H5ClFNO4. The van der Waals surface area contributed by atoms with Gasteiger partial charge in [0.25, 0.3) is 0 Å². The van der Waals surface area contributed by atoms with Crippen molar-refractivity contribution in [3.63, 3.8) is 0 Å². The number of aromatic nitrogens is 1. The highest BCUT2D eigenvalue weighted by molar-refractivity contribution is 4.82. The second-order valence-corrected chi connectivity index (χ2v) is 2.35. The molecule has 1 rings (SSSR count). The Morgan fingerprint density at radius 2 is 1.25 bits per heavy atom. The second kappa shape index (κ2) is 4.96. The van der Waals surface area contributed by atoms with Gasteiger partial charge in [0.15, 0.2) is 0 Å². The summed E-state index contributed by atoms with van der Waals surface area (Å²) in [5.41, 5.74) is 0. The fraction of sp³-hybridized carbons (Fsp3) is 0. The maximum Gasteiger partial charge on any atom is 0.218 e. The molecule has 1 aromatic heterocycles. The number of pyridine rings is 1. The molecular weight excluding hydrogens is 193 g/mol. The van der Waals surface area contributed by atoms with E-state index in [9.17, 15) is 4.48 Å². The number of nitrogens with zero attached hydrogens (tertiary/aromatic N) is 1. The first kappa shape index (κ1) is 11.2. The summed E-state index contributed by atoms with van der Waals surface area (Å²) in [7, 11) is -4.94. The van der Waals surface area contributed by atoms with E-state index in [4.69, 9.17) is 18.6 Å². The lowest BCUT2D eigenvalue weighted by Gasteiger charge is -2.17. The van der Waals surface area contributed by atoms with E-state index in [1.807, 2.05) is 0 Å². The summed E-state index contributed by atoms with van der Waals surface area (Å²) in [5, 5.41) is 0. The third-order valence-electron chi connectivity index (χ3n) is 0.679. The molecule has 1 aromatic rings. The van der Waals surface area contributed by atoms with Crippen molar-refractivity contribution in [1.29, 1.82) is 0 Å². The zero-order chi connectivity index (χ0) is 9.61. The van der Waals surface area contributed by atoms with Crippen LogP contribution in [-0.4, -0.2) is 0 Å². The average molecular weight is 198 g/mol. The molecule has 0 bridgehead atoms. The summed E-state index contributed by atoms with van der Waals surface area (Å²) < 4.78 is 45.8. The molecule has 12 heavy (non-hydrogen) atoms. The van der Waals surface area contributed by atoms with Crippen molar-refractivity contribution in [3.05, 3.63) is 30.6 Å². The van der Waals surface area contributed by atoms with Crippen molar-refractivity contribution in [2.75, 3.05) is 0 Å². The molecule has 0 atom stereocenters. The highest BCUT2D eigenvalue weighted by atomic mass is 35.7. The Hall–Kier alpha value is -0.790. The zero-order valence-corrected chi connectivity index (χ0v) is 6.48. The Morgan fingerprint density at radius 1 is 0.917 bits per heavy atom. The zero-order valence-electron chi connectivity index (χ0n) is 5.72. The van der Waals surface area contributed by atoms with Gasteiger partial charge in [-0.25, -0.2) is 18.6 Å². The van der Waals surface area contributed by atoms with Crippen LogP contribution in [0.4, 0.5) is 4.48 Å². The summed E-state index contributed by atoms with van der Waals surface area (Å²) >= 11 is 0. The van der Waals surface area contributed by atoms with Gasteiger partial charge in [-0.2, -0.15) is 0 Å². The van der Waals surface area contributed by atoms with E-state index in [2.05, 4.69) is 0 Å². The van der Waals surface area contributed by atoms with Crippen molar-refractivity contribution < 1.29 is 38.1 Å². The van der Waals surface area contributed by atoms with Crippen LogP contribution < -0.4 is 23.4 Å². The summed E-state index contributed by atoms with van der Waals surface area (Å²) in [6.07, 6.45) is 2.67. The quantitative estimate of drug-likeness (QED) is 0.423. The molecule has 0 aliphatic heterocycles. The molecule has 0 amide bonds. The lowest BCUT2D eigenvalue weighted by atomic mass is 10.5. The number of rotatable bonds is 0. The van der Waals surface area contributed by atoms with Gasteiger partial charge >= 0.3 is 0 Å². The molecule has 0 fully saturated rings. The third kappa shape index (κ3) is 11.9. The van der Waals surface area contributed by atoms with Crippen LogP contribution in [0.25, 0.3) is 0 Å². The molecule has 7 heteroatoms. The minimum absolute atomic E-state index is 0.500. The fourth-order valence-electron chi connectivity index (χ4n) is 0.378. The Morgan fingerprint density at radius 3 is 1.42 bits per heavy atom. The molecule has 0 spiro atoms. The van der Waals surface area contributed by atoms with Gasteiger partial charge in [-0.1, -0.05) is 6.07 Å². The molecule has 68 valence electrons. The summed E-state index contributed by atoms with van der Waals surface area (Å²) in [6, 6.07) is 5.01. The standard InChI is InChI=1S/C5H5FN.ClHO4/c6-7-4-2-1-3-5-7;2-1(3,4)5/h1-5H;(H,2,3,4,5)/q+1;/p-1. The van der Waals surface area contributed by atoms with Crippen molar-refractivity contribution >= 4 is 0 Å². The highest BCUT2D eigenvalue weighted by Crippen LogP contribution is 1.73. The summed E-state index contributed by atoms with van der Waals surface area (Å²) in [5.74, 6) is 0. The molecule has 0 saturated heterocycles. The van der Waals surface area contributed by atoms with Crippen LogP contribution in [0.1, 0.15) is 0 Å². The van der Waals surface area contributed by atoms with E-state index in [1.165, 1.54) is 12.4 Å². The Kier molecular flexibility index (Phi) is 4.64. The van der Waals surface area contributed by atoms with Gasteiger partial charge < -0.3 is 0 Å². The second-order valence-electron chi connectivity index (χ2n) is 1.60. The normalized spacial score (nSPS) is 10.1. The van der Waals surface area contributed by atoms with Crippen molar-refractivity contribution in [3.8, 4) is 0 Å². The minimum atomic E-state index is -4.94. The molecule has 0 aliphatic rings. The summed E-state index contributed by atoms with van der Waals surface area (Å²) in [4.78, 5) is 0.500. The van der Waals surface area contributed by atoms with E-state index >= 15 is 0 Å². The minimum Gasteiger partial charge on any atom is -0.222 e. The predicted molar refractivity (Wildman–Crippen MR) is 23.1 cm³/mol. The van der Waals surface area contributed by atoms with Gasteiger partial charge in [0.1, 0.15) is 0 Å². The van der Waals surface area contributed by atoms with Crippen LogP contribution in [0, 0.1) is 10.2 Å². The van der Waals surface area contributed by atoms with Crippen LogP contribution in [0.3, 0.4) is 0 Å². The maximum absolute atomic E-state index is 11.8. The topological polar surface area (TPSA) is 96.1 Å². The van der Waals surface area contributed by atoms with Crippen LogP contribution in [0.15, 0.2) is 30.6 Å². The molecule has 0 aliphatic carbocycles. The van der Waals surface area contributed by atoms with Crippen molar-refractivity contribution in [2.24, 2.45) is 0 Å². The number of hydrogen-bond acceptors (Lipinski definition) is 4. The monoisotopic (exact) mass is 197 g/mol. The predicted octanol–water partition coefficient (Wildman–Crippen LogP) is -4.05. The van der Waals surface area contributed by atoms with Gasteiger partial charge in [0, 0.05) is 16.9 Å².